The van der Waals surface area contributed by atoms with Gasteiger partial charge in [-0.2, -0.15) is 0 Å². The van der Waals surface area contributed by atoms with E-state index in [0.29, 0.717) is 22.3 Å². The molecule has 0 saturated heterocycles. The van der Waals surface area contributed by atoms with Crippen LogP contribution in [-0.2, 0) is 9.84 Å². The van der Waals surface area contributed by atoms with Crippen LogP contribution in [0.15, 0.2) is 53.4 Å². The van der Waals surface area contributed by atoms with Crippen LogP contribution < -0.4 is 5.73 Å². The van der Waals surface area contributed by atoms with E-state index in [1.807, 2.05) is 6.07 Å². The normalized spacial score (nSPS) is 13.2. The lowest BCUT2D eigenvalue weighted by atomic mass is 9.99. The number of rotatable bonds is 3. The molecular weight excluding hydrogens is 327 g/mol. The molecule has 1 atom stereocenters. The second-order valence-corrected chi connectivity index (χ2v) is 7.80. The first-order chi connectivity index (χ1) is 11.3. The summed E-state index contributed by atoms with van der Waals surface area (Å²) in [5.74, 6) is -0.397. The minimum Gasteiger partial charge on any atom is -0.324 e. The lowest BCUT2D eigenvalue weighted by Gasteiger charge is -2.16. The van der Waals surface area contributed by atoms with E-state index < -0.39 is 15.7 Å². The van der Waals surface area contributed by atoms with Crippen LogP contribution in [0.1, 0.15) is 18.5 Å². The molecule has 0 saturated carbocycles. The quantitative estimate of drug-likeness (QED) is 0.790. The number of pyridine rings is 1. The molecule has 24 heavy (non-hydrogen) atoms. The van der Waals surface area contributed by atoms with Crippen molar-refractivity contribution in [1.29, 1.82) is 0 Å². The molecule has 2 aromatic carbocycles. The van der Waals surface area contributed by atoms with Crippen molar-refractivity contribution in [2.75, 3.05) is 6.26 Å². The van der Waals surface area contributed by atoms with Gasteiger partial charge in [-0.3, -0.25) is 0 Å². The number of nitrogens with zero attached hydrogens (tertiary/aromatic N) is 1. The number of halogens is 1. The van der Waals surface area contributed by atoms with Gasteiger partial charge in [-0.1, -0.05) is 18.2 Å². The van der Waals surface area contributed by atoms with Gasteiger partial charge in [0, 0.05) is 29.3 Å². The number of sulfone groups is 1. The van der Waals surface area contributed by atoms with E-state index in [4.69, 9.17) is 5.73 Å². The number of hydrogen-bond acceptors (Lipinski definition) is 4. The Bertz CT molecular complexity index is 1030. The van der Waals surface area contributed by atoms with Crippen molar-refractivity contribution < 1.29 is 12.8 Å². The molecule has 0 bridgehead atoms. The second kappa shape index (κ2) is 5.96. The van der Waals surface area contributed by atoms with Crippen molar-refractivity contribution in [3.05, 3.63) is 59.9 Å². The maximum atomic E-state index is 13.5. The molecule has 1 heterocycles. The Morgan fingerprint density at radius 3 is 2.50 bits per heavy atom. The standard InChI is InChI=1S/C18H17FN2O2S/c1-11(20)15-9-12-7-8-13(19)10-16(12)21-18(15)14-5-3-4-6-17(14)24(2,22)23/h3-11H,20H2,1-2H3. The molecule has 4 nitrogen and oxygen atoms in total. The average molecular weight is 344 g/mol. The van der Waals surface area contributed by atoms with E-state index in [2.05, 4.69) is 4.98 Å². The summed E-state index contributed by atoms with van der Waals surface area (Å²) in [5, 5.41) is 0.754. The lowest BCUT2D eigenvalue weighted by Crippen LogP contribution is -2.10. The van der Waals surface area contributed by atoms with Crippen molar-refractivity contribution in [2.24, 2.45) is 5.73 Å². The smallest absolute Gasteiger partial charge is 0.176 e. The van der Waals surface area contributed by atoms with E-state index in [-0.39, 0.29) is 10.9 Å². The first kappa shape index (κ1) is 16.5. The summed E-state index contributed by atoms with van der Waals surface area (Å²) in [6.07, 6.45) is 1.15. The Hall–Kier alpha value is -2.31. The summed E-state index contributed by atoms with van der Waals surface area (Å²) in [6, 6.07) is 12.4. The maximum absolute atomic E-state index is 13.5. The van der Waals surface area contributed by atoms with Crippen molar-refractivity contribution in [2.45, 2.75) is 17.9 Å². The summed E-state index contributed by atoms with van der Waals surface area (Å²) < 4.78 is 37.8. The van der Waals surface area contributed by atoms with E-state index in [9.17, 15) is 12.8 Å². The fourth-order valence-corrected chi connectivity index (χ4v) is 3.59. The lowest BCUT2D eigenvalue weighted by molar-refractivity contribution is 0.602. The zero-order chi connectivity index (χ0) is 17.5. The Morgan fingerprint density at radius 1 is 1.12 bits per heavy atom. The zero-order valence-corrected chi connectivity index (χ0v) is 14.1. The number of hydrogen-bond donors (Lipinski definition) is 1. The summed E-state index contributed by atoms with van der Waals surface area (Å²) in [4.78, 5) is 4.69. The highest BCUT2D eigenvalue weighted by Crippen LogP contribution is 2.33. The van der Waals surface area contributed by atoms with Crippen LogP contribution in [0.2, 0.25) is 0 Å². The fraction of sp³-hybridized carbons (Fsp3) is 0.167. The first-order valence-corrected chi connectivity index (χ1v) is 9.32. The molecule has 6 heteroatoms. The average Bonchev–Trinajstić information content (AvgIpc) is 2.52. The summed E-state index contributed by atoms with van der Waals surface area (Å²) in [6.45, 7) is 1.80. The predicted octanol–water partition coefficient (Wildman–Crippen LogP) is 3.46. The minimum atomic E-state index is -3.44. The van der Waals surface area contributed by atoms with E-state index in [1.54, 1.807) is 31.2 Å². The Morgan fingerprint density at radius 2 is 1.83 bits per heavy atom. The predicted molar refractivity (Wildman–Crippen MR) is 92.8 cm³/mol. The van der Waals surface area contributed by atoms with Crippen molar-refractivity contribution in [3.8, 4) is 11.3 Å². The van der Waals surface area contributed by atoms with Gasteiger partial charge in [-0.05, 0) is 36.8 Å². The molecule has 0 aliphatic rings. The van der Waals surface area contributed by atoms with Gasteiger partial charge in [0.25, 0.3) is 0 Å². The van der Waals surface area contributed by atoms with E-state index in [1.165, 1.54) is 18.2 Å². The maximum Gasteiger partial charge on any atom is 0.176 e. The molecule has 1 unspecified atom stereocenters. The van der Waals surface area contributed by atoms with Gasteiger partial charge < -0.3 is 5.73 Å². The van der Waals surface area contributed by atoms with Gasteiger partial charge in [0.05, 0.1) is 16.1 Å². The second-order valence-electron chi connectivity index (χ2n) is 5.82. The topological polar surface area (TPSA) is 73.0 Å². The number of benzene rings is 2. The van der Waals surface area contributed by atoms with Crippen LogP contribution in [0.5, 0.6) is 0 Å². The monoisotopic (exact) mass is 344 g/mol. The highest BCUT2D eigenvalue weighted by atomic mass is 32.2. The van der Waals surface area contributed by atoms with Gasteiger partial charge in [0.1, 0.15) is 5.82 Å². The molecule has 3 rings (SSSR count). The van der Waals surface area contributed by atoms with Gasteiger partial charge >= 0.3 is 0 Å². The molecule has 0 aliphatic heterocycles. The number of aromatic nitrogens is 1. The number of nitrogens with two attached hydrogens (primary N) is 1. The Labute approximate surface area is 140 Å². The molecular formula is C18H17FN2O2S. The minimum absolute atomic E-state index is 0.176. The molecule has 3 aromatic rings. The third-order valence-electron chi connectivity index (χ3n) is 3.84. The van der Waals surface area contributed by atoms with Crippen LogP contribution in [0.3, 0.4) is 0 Å². The molecule has 0 fully saturated rings. The number of fused-ring (bicyclic) bond motifs is 1. The van der Waals surface area contributed by atoms with Gasteiger partial charge in [-0.25, -0.2) is 17.8 Å². The van der Waals surface area contributed by atoms with Gasteiger partial charge in [0.15, 0.2) is 9.84 Å². The van der Waals surface area contributed by atoms with Gasteiger partial charge in [-0.15, -0.1) is 0 Å². The summed E-state index contributed by atoms with van der Waals surface area (Å²) in [5.41, 5.74) is 8.17. The van der Waals surface area contributed by atoms with E-state index in [0.717, 1.165) is 11.6 Å². The third-order valence-corrected chi connectivity index (χ3v) is 5.00. The van der Waals surface area contributed by atoms with Crippen LogP contribution in [0.4, 0.5) is 4.39 Å². The SMILES string of the molecule is CC(N)c1cc2ccc(F)cc2nc1-c1ccccc1S(C)(=O)=O. The Kier molecular flexibility index (Phi) is 4.11. The third kappa shape index (κ3) is 3.02. The highest BCUT2D eigenvalue weighted by Gasteiger charge is 2.19. The van der Waals surface area contributed by atoms with Crippen LogP contribution in [-0.4, -0.2) is 19.7 Å². The van der Waals surface area contributed by atoms with Crippen LogP contribution in [0, 0.1) is 5.82 Å². The largest absolute Gasteiger partial charge is 0.324 e. The first-order valence-electron chi connectivity index (χ1n) is 7.42. The Balaban J connectivity index is 2.39. The molecule has 2 N–H and O–H groups in total. The van der Waals surface area contributed by atoms with Crippen molar-refractivity contribution in [3.63, 3.8) is 0 Å². The summed E-state index contributed by atoms with van der Waals surface area (Å²) in [7, 11) is -3.44. The van der Waals surface area contributed by atoms with Crippen LogP contribution in [0.25, 0.3) is 22.2 Å². The summed E-state index contributed by atoms with van der Waals surface area (Å²) >= 11 is 0. The molecule has 0 aliphatic carbocycles. The zero-order valence-electron chi connectivity index (χ0n) is 13.3. The molecule has 0 amide bonds. The van der Waals surface area contributed by atoms with Crippen LogP contribution >= 0.6 is 0 Å². The van der Waals surface area contributed by atoms with E-state index >= 15 is 0 Å². The molecule has 0 radical (unpaired) electrons. The highest BCUT2D eigenvalue weighted by molar-refractivity contribution is 7.90. The molecule has 124 valence electrons. The van der Waals surface area contributed by atoms with Crippen molar-refractivity contribution >= 4 is 20.7 Å². The molecule has 1 aromatic heterocycles. The van der Waals surface area contributed by atoms with Crippen molar-refractivity contribution in [1.82, 2.24) is 4.98 Å². The fourth-order valence-electron chi connectivity index (χ4n) is 2.71. The molecule has 0 spiro atoms. The van der Waals surface area contributed by atoms with Gasteiger partial charge in [0.2, 0.25) is 0 Å².